The second-order valence-corrected chi connectivity index (χ2v) is 4.04. The van der Waals surface area contributed by atoms with Gasteiger partial charge in [0, 0.05) is 5.56 Å². The van der Waals surface area contributed by atoms with Gasteiger partial charge >= 0.3 is 0 Å². The minimum atomic E-state index is 0.448. The molecule has 16 heavy (non-hydrogen) atoms. The molecule has 3 N–H and O–H groups in total. The van der Waals surface area contributed by atoms with E-state index in [4.69, 9.17) is 27.5 Å². The van der Waals surface area contributed by atoms with Crippen LogP contribution in [0.4, 0.5) is 5.69 Å². The third-order valence-electron chi connectivity index (χ3n) is 2.61. The number of hydrogen-bond acceptors (Lipinski definition) is 3. The predicted octanol–water partition coefficient (Wildman–Crippen LogP) is 2.64. The van der Waals surface area contributed by atoms with Crippen LogP contribution >= 0.6 is 11.6 Å². The Balaban J connectivity index is 2.33. The van der Waals surface area contributed by atoms with Crippen LogP contribution in [0.3, 0.4) is 0 Å². The number of halogens is 1. The normalized spacial score (nSPS) is 15.7. The highest BCUT2D eigenvalue weighted by atomic mass is 35.5. The Morgan fingerprint density at radius 3 is 2.94 bits per heavy atom. The van der Waals surface area contributed by atoms with E-state index in [0.29, 0.717) is 35.2 Å². The molecule has 0 aliphatic carbocycles. The lowest BCUT2D eigenvalue weighted by molar-refractivity contribution is 0.156. The molecule has 2 rings (SSSR count). The lowest BCUT2D eigenvalue weighted by Crippen LogP contribution is -2.13. The van der Waals surface area contributed by atoms with Crippen LogP contribution < -0.4 is 5.73 Å². The largest absolute Gasteiger partial charge is 0.397 e. The number of anilines is 1. The maximum Gasteiger partial charge on any atom is 0.0663 e. The molecule has 0 bridgehead atoms. The number of nitrogens with one attached hydrogen (secondary N) is 1. The van der Waals surface area contributed by atoms with Crippen molar-refractivity contribution in [3.05, 3.63) is 40.4 Å². The molecule has 0 fully saturated rings. The average Bonchev–Trinajstić information content (AvgIpc) is 2.33. The van der Waals surface area contributed by atoms with Gasteiger partial charge < -0.3 is 10.5 Å². The van der Waals surface area contributed by atoms with Gasteiger partial charge in [-0.2, -0.15) is 0 Å². The molecule has 1 aromatic carbocycles. The van der Waals surface area contributed by atoms with Crippen LogP contribution in [0.5, 0.6) is 0 Å². The van der Waals surface area contributed by atoms with Crippen LogP contribution in [-0.2, 0) is 4.74 Å². The Morgan fingerprint density at radius 1 is 1.44 bits per heavy atom. The van der Waals surface area contributed by atoms with E-state index in [2.05, 4.69) is 0 Å². The maximum atomic E-state index is 8.10. The SMILES string of the molecule is N=C(C1=CCOCC1)c1cccc(Cl)c1N. The number of benzene rings is 1. The van der Waals surface area contributed by atoms with E-state index < -0.39 is 0 Å². The van der Waals surface area contributed by atoms with Gasteiger partial charge in [0.1, 0.15) is 0 Å². The summed E-state index contributed by atoms with van der Waals surface area (Å²) < 4.78 is 5.21. The van der Waals surface area contributed by atoms with Crippen molar-refractivity contribution in [2.75, 3.05) is 18.9 Å². The zero-order valence-electron chi connectivity index (χ0n) is 8.79. The van der Waals surface area contributed by atoms with Gasteiger partial charge in [0.15, 0.2) is 0 Å². The molecule has 0 atom stereocenters. The fourth-order valence-electron chi connectivity index (χ4n) is 1.68. The Morgan fingerprint density at radius 2 is 2.25 bits per heavy atom. The van der Waals surface area contributed by atoms with Crippen LogP contribution in [0.15, 0.2) is 29.8 Å². The number of ether oxygens (including phenoxy) is 1. The van der Waals surface area contributed by atoms with Crippen LogP contribution in [0.2, 0.25) is 5.02 Å². The van der Waals surface area contributed by atoms with E-state index in [-0.39, 0.29) is 0 Å². The molecule has 3 nitrogen and oxygen atoms in total. The summed E-state index contributed by atoms with van der Waals surface area (Å²) in [5.74, 6) is 0. The molecular formula is C12H13ClN2O. The number of hydrogen-bond donors (Lipinski definition) is 2. The predicted molar refractivity (Wildman–Crippen MR) is 66.2 cm³/mol. The molecule has 0 radical (unpaired) electrons. The van der Waals surface area contributed by atoms with E-state index in [1.54, 1.807) is 6.07 Å². The highest BCUT2D eigenvalue weighted by molar-refractivity contribution is 6.34. The highest BCUT2D eigenvalue weighted by Crippen LogP contribution is 2.25. The van der Waals surface area contributed by atoms with E-state index in [1.165, 1.54) is 0 Å². The van der Waals surface area contributed by atoms with E-state index >= 15 is 0 Å². The van der Waals surface area contributed by atoms with Crippen LogP contribution in [-0.4, -0.2) is 18.9 Å². The maximum absolute atomic E-state index is 8.10. The van der Waals surface area contributed by atoms with E-state index in [9.17, 15) is 0 Å². The summed E-state index contributed by atoms with van der Waals surface area (Å²) in [6, 6.07) is 5.36. The zero-order chi connectivity index (χ0) is 11.5. The first-order valence-corrected chi connectivity index (χ1v) is 5.48. The van der Waals surface area contributed by atoms with E-state index in [1.807, 2.05) is 18.2 Å². The van der Waals surface area contributed by atoms with Crippen molar-refractivity contribution in [1.29, 1.82) is 5.41 Å². The number of nitrogen functional groups attached to an aromatic ring is 1. The Kier molecular flexibility index (Phi) is 3.27. The van der Waals surface area contributed by atoms with E-state index in [0.717, 1.165) is 12.0 Å². The van der Waals surface area contributed by atoms with Gasteiger partial charge in [-0.05, 0) is 18.1 Å². The second-order valence-electron chi connectivity index (χ2n) is 3.63. The zero-order valence-corrected chi connectivity index (χ0v) is 9.55. The Labute approximate surface area is 99.4 Å². The molecule has 1 aliphatic heterocycles. The molecule has 0 aromatic heterocycles. The molecule has 1 aromatic rings. The molecule has 0 unspecified atom stereocenters. The second kappa shape index (κ2) is 4.68. The summed E-state index contributed by atoms with van der Waals surface area (Å²) in [7, 11) is 0. The van der Waals surface area contributed by atoms with Crippen molar-refractivity contribution in [2.45, 2.75) is 6.42 Å². The average molecular weight is 237 g/mol. The third kappa shape index (κ3) is 2.10. The van der Waals surface area contributed by atoms with Crippen LogP contribution in [0.1, 0.15) is 12.0 Å². The standard InChI is InChI=1S/C12H13ClN2O/c13-10-3-1-2-9(12(10)15)11(14)8-4-6-16-7-5-8/h1-4,14H,5-7,15H2. The fourth-order valence-corrected chi connectivity index (χ4v) is 1.86. The minimum Gasteiger partial charge on any atom is -0.397 e. The van der Waals surface area contributed by atoms with Crippen molar-refractivity contribution in [3.8, 4) is 0 Å². The van der Waals surface area contributed by atoms with Crippen molar-refractivity contribution in [2.24, 2.45) is 0 Å². The van der Waals surface area contributed by atoms with Gasteiger partial charge in [0.05, 0.1) is 29.6 Å². The first-order valence-electron chi connectivity index (χ1n) is 5.10. The van der Waals surface area contributed by atoms with Gasteiger partial charge in [0.2, 0.25) is 0 Å². The van der Waals surface area contributed by atoms with Crippen molar-refractivity contribution in [1.82, 2.24) is 0 Å². The minimum absolute atomic E-state index is 0.448. The summed E-state index contributed by atoms with van der Waals surface area (Å²) in [4.78, 5) is 0. The quantitative estimate of drug-likeness (QED) is 0.613. The third-order valence-corrected chi connectivity index (χ3v) is 2.94. The van der Waals surface area contributed by atoms with Gasteiger partial charge in [-0.15, -0.1) is 0 Å². The van der Waals surface area contributed by atoms with Crippen molar-refractivity contribution >= 4 is 23.0 Å². The Hall–Kier alpha value is -1.32. The Bertz CT molecular complexity index is 454. The lowest BCUT2D eigenvalue weighted by Gasteiger charge is -2.16. The lowest BCUT2D eigenvalue weighted by atomic mass is 9.98. The summed E-state index contributed by atoms with van der Waals surface area (Å²) in [5.41, 5.74) is 8.45. The van der Waals surface area contributed by atoms with Crippen LogP contribution in [0, 0.1) is 5.41 Å². The molecule has 4 heteroatoms. The van der Waals surface area contributed by atoms with Crippen LogP contribution in [0.25, 0.3) is 0 Å². The topological polar surface area (TPSA) is 59.1 Å². The summed E-state index contributed by atoms with van der Waals surface area (Å²) in [5, 5.41) is 8.59. The number of rotatable bonds is 2. The van der Waals surface area contributed by atoms with Crippen molar-refractivity contribution in [3.63, 3.8) is 0 Å². The molecule has 84 valence electrons. The fraction of sp³-hybridized carbons (Fsp3) is 0.250. The van der Waals surface area contributed by atoms with Gasteiger partial charge in [-0.1, -0.05) is 29.8 Å². The molecule has 1 heterocycles. The number of para-hydroxylation sites is 1. The van der Waals surface area contributed by atoms with Gasteiger partial charge in [0.25, 0.3) is 0 Å². The molecule has 0 saturated carbocycles. The summed E-state index contributed by atoms with van der Waals surface area (Å²) in [6.07, 6.45) is 2.68. The number of nitrogens with two attached hydrogens (primary N) is 1. The highest BCUT2D eigenvalue weighted by Gasteiger charge is 2.14. The molecular weight excluding hydrogens is 224 g/mol. The summed E-state index contributed by atoms with van der Waals surface area (Å²) >= 11 is 5.93. The summed E-state index contributed by atoms with van der Waals surface area (Å²) in [6.45, 7) is 1.23. The molecule has 0 saturated heterocycles. The molecule has 1 aliphatic rings. The first-order chi connectivity index (χ1) is 7.70. The molecule has 0 spiro atoms. The smallest absolute Gasteiger partial charge is 0.0663 e. The van der Waals surface area contributed by atoms with Gasteiger partial charge in [-0.25, -0.2) is 0 Å². The molecule has 0 amide bonds. The van der Waals surface area contributed by atoms with Gasteiger partial charge in [-0.3, -0.25) is 5.41 Å². The first kappa shape index (κ1) is 11.2. The van der Waals surface area contributed by atoms with Crippen molar-refractivity contribution < 1.29 is 4.74 Å². The monoisotopic (exact) mass is 236 g/mol.